The fourth-order valence-corrected chi connectivity index (χ4v) is 4.58. The number of aryl methyl sites for hydroxylation is 1. The first-order valence-electron chi connectivity index (χ1n) is 9.71. The molecule has 0 amide bonds. The minimum absolute atomic E-state index is 0.0988. The molecule has 0 spiro atoms. The molecule has 0 aromatic heterocycles. The molecular weight excluding hydrogens is 450 g/mol. The lowest BCUT2D eigenvalue weighted by molar-refractivity contribution is 0.601. The Bertz CT molecular complexity index is 1180. The number of hydrogen-bond donors (Lipinski definition) is 3. The lowest BCUT2D eigenvalue weighted by Gasteiger charge is -2.16. The zero-order valence-corrected chi connectivity index (χ0v) is 19.8. The number of nitrogens with one attached hydrogen (secondary N) is 3. The molecular formula is C23H24ClN3O2S2. The van der Waals surface area contributed by atoms with Crippen LogP contribution in [-0.2, 0) is 10.0 Å². The van der Waals surface area contributed by atoms with Crippen molar-refractivity contribution in [2.45, 2.75) is 31.6 Å². The van der Waals surface area contributed by atoms with Crippen LogP contribution >= 0.6 is 23.8 Å². The maximum absolute atomic E-state index is 13.1. The van der Waals surface area contributed by atoms with Crippen molar-refractivity contribution in [1.29, 1.82) is 0 Å². The van der Waals surface area contributed by atoms with Gasteiger partial charge in [-0.1, -0.05) is 43.6 Å². The molecule has 0 fully saturated rings. The molecule has 0 bridgehead atoms. The van der Waals surface area contributed by atoms with Crippen molar-refractivity contribution in [3.8, 4) is 0 Å². The van der Waals surface area contributed by atoms with Crippen molar-refractivity contribution in [2.24, 2.45) is 0 Å². The van der Waals surface area contributed by atoms with Crippen LogP contribution in [-0.4, -0.2) is 13.5 Å². The van der Waals surface area contributed by atoms with Gasteiger partial charge in [-0.25, -0.2) is 8.42 Å². The van der Waals surface area contributed by atoms with Crippen LogP contribution in [0.4, 0.5) is 17.1 Å². The summed E-state index contributed by atoms with van der Waals surface area (Å²) in [6.07, 6.45) is 0. The van der Waals surface area contributed by atoms with E-state index >= 15 is 0 Å². The van der Waals surface area contributed by atoms with Gasteiger partial charge in [0, 0.05) is 16.4 Å². The molecule has 0 unspecified atom stereocenters. The van der Waals surface area contributed by atoms with Crippen LogP contribution < -0.4 is 15.4 Å². The van der Waals surface area contributed by atoms with Crippen LogP contribution in [0, 0.1) is 6.92 Å². The molecule has 5 nitrogen and oxygen atoms in total. The largest absolute Gasteiger partial charge is 0.332 e. The van der Waals surface area contributed by atoms with Gasteiger partial charge in [-0.2, -0.15) is 0 Å². The summed E-state index contributed by atoms with van der Waals surface area (Å²) in [6.45, 7) is 6.09. The second-order valence-corrected chi connectivity index (χ2v) is 9.96. The number of rotatable bonds is 6. The Morgan fingerprint density at radius 1 is 0.903 bits per heavy atom. The van der Waals surface area contributed by atoms with Crippen molar-refractivity contribution in [1.82, 2.24) is 0 Å². The summed E-state index contributed by atoms with van der Waals surface area (Å²) in [6, 6.07) is 19.5. The smallest absolute Gasteiger partial charge is 0.263 e. The molecule has 3 aromatic rings. The van der Waals surface area contributed by atoms with Gasteiger partial charge in [0.25, 0.3) is 10.0 Å². The Morgan fingerprint density at radius 3 is 2.13 bits per heavy atom. The number of benzene rings is 3. The Hall–Kier alpha value is -2.61. The quantitative estimate of drug-likeness (QED) is 0.362. The highest BCUT2D eigenvalue weighted by molar-refractivity contribution is 7.93. The van der Waals surface area contributed by atoms with Crippen molar-refractivity contribution >= 4 is 56.0 Å². The first-order chi connectivity index (χ1) is 14.6. The van der Waals surface area contributed by atoms with Crippen molar-refractivity contribution in [2.75, 3.05) is 15.4 Å². The van der Waals surface area contributed by atoms with E-state index in [1.165, 1.54) is 5.56 Å². The Balaban J connectivity index is 1.80. The number of thiocarbonyl (C=S) groups is 1. The van der Waals surface area contributed by atoms with Gasteiger partial charge >= 0.3 is 0 Å². The molecule has 0 aliphatic carbocycles. The second kappa shape index (κ2) is 9.68. The van der Waals surface area contributed by atoms with E-state index in [4.69, 9.17) is 23.8 Å². The van der Waals surface area contributed by atoms with E-state index in [9.17, 15) is 8.42 Å². The highest BCUT2D eigenvalue weighted by Gasteiger charge is 2.20. The summed E-state index contributed by atoms with van der Waals surface area (Å²) in [5.41, 5.74) is 3.65. The molecule has 0 atom stereocenters. The van der Waals surface area contributed by atoms with Gasteiger partial charge in [-0.05, 0) is 84.7 Å². The molecule has 8 heteroatoms. The summed E-state index contributed by atoms with van der Waals surface area (Å²) in [5, 5.41) is 6.92. The van der Waals surface area contributed by atoms with Crippen molar-refractivity contribution < 1.29 is 8.42 Å². The Morgan fingerprint density at radius 2 is 1.52 bits per heavy atom. The summed E-state index contributed by atoms with van der Waals surface area (Å²) in [4.78, 5) is 0.0988. The third-order valence-electron chi connectivity index (χ3n) is 4.61. The first kappa shape index (κ1) is 23.1. The van der Waals surface area contributed by atoms with Crippen LogP contribution in [0.1, 0.15) is 30.9 Å². The van der Waals surface area contributed by atoms with Crippen LogP contribution in [0.25, 0.3) is 0 Å². The molecule has 0 saturated heterocycles. The van der Waals surface area contributed by atoms with E-state index in [2.05, 4.69) is 29.2 Å². The fourth-order valence-electron chi connectivity index (χ4n) is 2.92. The molecule has 0 aliphatic heterocycles. The van der Waals surface area contributed by atoms with Gasteiger partial charge in [0.05, 0.1) is 5.69 Å². The average Bonchev–Trinajstić information content (AvgIpc) is 2.71. The zero-order chi connectivity index (χ0) is 22.6. The van der Waals surface area contributed by atoms with Gasteiger partial charge in [-0.15, -0.1) is 0 Å². The topological polar surface area (TPSA) is 70.2 Å². The maximum atomic E-state index is 13.1. The molecule has 0 radical (unpaired) electrons. The third kappa shape index (κ3) is 6.19. The number of sulfonamides is 1. The summed E-state index contributed by atoms with van der Waals surface area (Å²) >= 11 is 11.3. The average molecular weight is 474 g/mol. The number of halogens is 1. The lowest BCUT2D eigenvalue weighted by atomic mass is 10.0. The molecule has 0 aliphatic rings. The molecule has 0 heterocycles. The van der Waals surface area contributed by atoms with Crippen molar-refractivity contribution in [3.05, 3.63) is 82.9 Å². The van der Waals surface area contributed by atoms with E-state index < -0.39 is 10.0 Å². The third-order valence-corrected chi connectivity index (χ3v) is 6.48. The molecule has 3 aromatic carbocycles. The standard InChI is InChI=1S/C23H24ClN3O2S2/c1-15(2)17-5-9-19(10-6-17)25-23(30)26-21-13-4-16(3)14-22(21)31(28,29)27-20-11-7-18(24)8-12-20/h4-15,27H,1-3H3,(H2,25,26,30). The monoisotopic (exact) mass is 473 g/mol. The van der Waals surface area contributed by atoms with E-state index in [1.54, 1.807) is 36.4 Å². The molecule has 3 rings (SSSR count). The normalized spacial score (nSPS) is 11.3. The molecule has 162 valence electrons. The van der Waals surface area contributed by atoms with Crippen LogP contribution in [0.3, 0.4) is 0 Å². The van der Waals surface area contributed by atoms with E-state index in [0.717, 1.165) is 11.3 Å². The highest BCUT2D eigenvalue weighted by atomic mass is 35.5. The van der Waals surface area contributed by atoms with Crippen LogP contribution in [0.2, 0.25) is 5.02 Å². The maximum Gasteiger partial charge on any atom is 0.263 e. The van der Waals surface area contributed by atoms with Gasteiger partial charge in [-0.3, -0.25) is 4.72 Å². The van der Waals surface area contributed by atoms with Crippen molar-refractivity contribution in [3.63, 3.8) is 0 Å². The molecule has 3 N–H and O–H groups in total. The van der Waals surface area contributed by atoms with Crippen LogP contribution in [0.5, 0.6) is 0 Å². The van der Waals surface area contributed by atoms with Gasteiger partial charge in [0.15, 0.2) is 5.11 Å². The van der Waals surface area contributed by atoms with Crippen LogP contribution in [0.15, 0.2) is 71.6 Å². The SMILES string of the molecule is Cc1ccc(NC(=S)Nc2ccc(C(C)C)cc2)c(S(=O)(=O)Nc2ccc(Cl)cc2)c1. The second-order valence-electron chi connectivity index (χ2n) is 7.47. The van der Waals surface area contributed by atoms with Gasteiger partial charge in [0.1, 0.15) is 4.90 Å². The van der Waals surface area contributed by atoms with Gasteiger partial charge < -0.3 is 10.6 Å². The Kier molecular flexibility index (Phi) is 7.20. The zero-order valence-electron chi connectivity index (χ0n) is 17.4. The predicted octanol–water partition coefficient (Wildman–Crippen LogP) is 6.38. The highest BCUT2D eigenvalue weighted by Crippen LogP contribution is 2.26. The van der Waals surface area contributed by atoms with E-state index in [1.807, 2.05) is 37.3 Å². The first-order valence-corrected chi connectivity index (χ1v) is 12.0. The summed E-state index contributed by atoms with van der Waals surface area (Å²) < 4.78 is 28.7. The van der Waals surface area contributed by atoms with Gasteiger partial charge in [0.2, 0.25) is 0 Å². The minimum atomic E-state index is -3.86. The predicted molar refractivity (Wildman–Crippen MR) is 134 cm³/mol. The molecule has 0 saturated carbocycles. The van der Waals surface area contributed by atoms with E-state index in [0.29, 0.717) is 27.4 Å². The molecule has 31 heavy (non-hydrogen) atoms. The Labute approximate surface area is 193 Å². The number of hydrogen-bond acceptors (Lipinski definition) is 3. The minimum Gasteiger partial charge on any atom is -0.332 e. The summed E-state index contributed by atoms with van der Waals surface area (Å²) in [7, 11) is -3.86. The number of anilines is 3. The summed E-state index contributed by atoms with van der Waals surface area (Å²) in [5.74, 6) is 0.438. The van der Waals surface area contributed by atoms with E-state index in [-0.39, 0.29) is 4.90 Å². The fraction of sp³-hybridized carbons (Fsp3) is 0.174. The lowest BCUT2D eigenvalue weighted by Crippen LogP contribution is -2.22.